The molecule has 0 saturated heterocycles. The molecule has 0 fully saturated rings. The molecule has 2 rings (SSSR count). The van der Waals surface area contributed by atoms with Gasteiger partial charge in [-0.3, -0.25) is 4.79 Å². The highest BCUT2D eigenvalue weighted by molar-refractivity contribution is 5.95. The van der Waals surface area contributed by atoms with Gasteiger partial charge in [0.25, 0.3) is 5.91 Å². The van der Waals surface area contributed by atoms with Crippen LogP contribution in [-0.4, -0.2) is 19.1 Å². The molecule has 0 aromatic heterocycles. The monoisotopic (exact) mass is 327 g/mol. The van der Waals surface area contributed by atoms with Gasteiger partial charge >= 0.3 is 0 Å². The van der Waals surface area contributed by atoms with Crippen molar-refractivity contribution >= 4 is 11.6 Å². The van der Waals surface area contributed by atoms with Crippen LogP contribution in [0.15, 0.2) is 42.5 Å². The van der Waals surface area contributed by atoms with Crippen LogP contribution in [0.25, 0.3) is 0 Å². The Morgan fingerprint density at radius 3 is 2.42 bits per heavy atom. The van der Waals surface area contributed by atoms with E-state index in [1.807, 2.05) is 56.3 Å². The smallest absolute Gasteiger partial charge is 0.265 e. The second-order valence-corrected chi connectivity index (χ2v) is 5.71. The van der Waals surface area contributed by atoms with Crippen molar-refractivity contribution in [2.24, 2.45) is 0 Å². The topological polar surface area (TPSA) is 47.6 Å². The number of methoxy groups -OCH3 is 1. The Labute approximate surface area is 143 Å². The van der Waals surface area contributed by atoms with Crippen molar-refractivity contribution in [2.45, 2.75) is 39.7 Å². The number of amides is 1. The molecule has 2 aromatic carbocycles. The first-order valence-electron chi connectivity index (χ1n) is 8.28. The van der Waals surface area contributed by atoms with Gasteiger partial charge in [-0.15, -0.1) is 0 Å². The molecule has 2 aromatic rings. The van der Waals surface area contributed by atoms with Crippen LogP contribution >= 0.6 is 0 Å². The molecular formula is C20H25NO3. The number of anilines is 1. The van der Waals surface area contributed by atoms with Crippen molar-refractivity contribution in [1.29, 1.82) is 0 Å². The molecule has 0 unspecified atom stereocenters. The van der Waals surface area contributed by atoms with Gasteiger partial charge in [-0.2, -0.15) is 0 Å². The molecule has 1 amide bonds. The molecule has 1 N–H and O–H groups in total. The fraction of sp³-hybridized carbons (Fsp3) is 0.350. The largest absolute Gasteiger partial charge is 0.495 e. The summed E-state index contributed by atoms with van der Waals surface area (Å²) in [4.78, 5) is 12.6. The third kappa shape index (κ3) is 4.51. The van der Waals surface area contributed by atoms with E-state index < -0.39 is 6.10 Å². The van der Waals surface area contributed by atoms with Crippen molar-refractivity contribution in [2.75, 3.05) is 12.4 Å². The lowest BCUT2D eigenvalue weighted by atomic mass is 10.1. The summed E-state index contributed by atoms with van der Waals surface area (Å²) in [5.74, 6) is 1.16. The highest BCUT2D eigenvalue weighted by atomic mass is 16.5. The molecule has 0 bridgehead atoms. The van der Waals surface area contributed by atoms with Gasteiger partial charge in [-0.25, -0.2) is 0 Å². The van der Waals surface area contributed by atoms with Crippen molar-refractivity contribution in [1.82, 2.24) is 0 Å². The number of rotatable bonds is 7. The Bertz CT molecular complexity index is 680. The van der Waals surface area contributed by atoms with E-state index >= 15 is 0 Å². The first-order chi connectivity index (χ1) is 11.6. The Hall–Kier alpha value is -2.49. The number of carbonyl (C=O) groups is 1. The molecule has 128 valence electrons. The lowest BCUT2D eigenvalue weighted by Gasteiger charge is -2.18. The average molecular weight is 327 g/mol. The van der Waals surface area contributed by atoms with E-state index in [0.29, 0.717) is 23.6 Å². The first-order valence-corrected chi connectivity index (χ1v) is 8.28. The summed E-state index contributed by atoms with van der Waals surface area (Å²) in [7, 11) is 1.59. The maximum atomic E-state index is 12.6. The number of hydrogen-bond acceptors (Lipinski definition) is 3. The van der Waals surface area contributed by atoms with Gasteiger partial charge in [-0.1, -0.05) is 32.0 Å². The molecule has 0 aliphatic heterocycles. The standard InChI is InChI=1S/C20H25NO3/c1-5-15-8-10-16(11-9-15)24-18(6-2)20(22)21-17-13-14(3)7-12-19(17)23-4/h7-13,18H,5-6H2,1-4H3,(H,21,22)/t18-/m1/s1. The second kappa shape index (κ2) is 8.39. The summed E-state index contributed by atoms with van der Waals surface area (Å²) in [6.45, 7) is 6.00. The van der Waals surface area contributed by atoms with Crippen LogP contribution in [0.2, 0.25) is 0 Å². The quantitative estimate of drug-likeness (QED) is 0.822. The van der Waals surface area contributed by atoms with Gasteiger partial charge in [0.1, 0.15) is 11.5 Å². The molecule has 24 heavy (non-hydrogen) atoms. The van der Waals surface area contributed by atoms with E-state index in [0.717, 1.165) is 12.0 Å². The number of benzene rings is 2. The van der Waals surface area contributed by atoms with Crippen LogP contribution < -0.4 is 14.8 Å². The van der Waals surface area contributed by atoms with Crippen LogP contribution in [0.1, 0.15) is 31.4 Å². The highest BCUT2D eigenvalue weighted by Crippen LogP contribution is 2.26. The van der Waals surface area contributed by atoms with Crippen LogP contribution in [0.5, 0.6) is 11.5 Å². The van der Waals surface area contributed by atoms with Gasteiger partial charge < -0.3 is 14.8 Å². The van der Waals surface area contributed by atoms with E-state index in [4.69, 9.17) is 9.47 Å². The van der Waals surface area contributed by atoms with Gasteiger partial charge in [0.2, 0.25) is 0 Å². The normalized spacial score (nSPS) is 11.7. The van der Waals surface area contributed by atoms with Crippen molar-refractivity contribution in [3.05, 3.63) is 53.6 Å². The summed E-state index contributed by atoms with van der Waals surface area (Å²) in [5.41, 5.74) is 2.95. The van der Waals surface area contributed by atoms with E-state index in [-0.39, 0.29) is 5.91 Å². The number of carbonyl (C=O) groups excluding carboxylic acids is 1. The van der Waals surface area contributed by atoms with Crippen LogP contribution in [0.3, 0.4) is 0 Å². The Balaban J connectivity index is 2.09. The van der Waals surface area contributed by atoms with Crippen molar-refractivity contribution < 1.29 is 14.3 Å². The average Bonchev–Trinajstić information content (AvgIpc) is 2.60. The minimum atomic E-state index is -0.553. The molecule has 4 nitrogen and oxygen atoms in total. The Kier molecular flexibility index (Phi) is 6.24. The fourth-order valence-corrected chi connectivity index (χ4v) is 2.42. The van der Waals surface area contributed by atoms with Crippen LogP contribution in [0.4, 0.5) is 5.69 Å². The predicted molar refractivity (Wildman–Crippen MR) is 96.9 cm³/mol. The molecule has 0 spiro atoms. The highest BCUT2D eigenvalue weighted by Gasteiger charge is 2.20. The van der Waals surface area contributed by atoms with E-state index in [2.05, 4.69) is 12.2 Å². The maximum absolute atomic E-state index is 12.6. The van der Waals surface area contributed by atoms with Crippen LogP contribution in [-0.2, 0) is 11.2 Å². The summed E-state index contributed by atoms with van der Waals surface area (Å²) in [5, 5.41) is 2.91. The van der Waals surface area contributed by atoms with E-state index in [1.54, 1.807) is 7.11 Å². The van der Waals surface area contributed by atoms with Gasteiger partial charge in [0, 0.05) is 0 Å². The second-order valence-electron chi connectivity index (χ2n) is 5.71. The third-order valence-corrected chi connectivity index (χ3v) is 3.89. The zero-order valence-corrected chi connectivity index (χ0v) is 14.8. The van der Waals surface area contributed by atoms with Crippen molar-refractivity contribution in [3.63, 3.8) is 0 Å². The summed E-state index contributed by atoms with van der Waals surface area (Å²) in [6.07, 6.45) is 1.00. The van der Waals surface area contributed by atoms with Crippen molar-refractivity contribution in [3.8, 4) is 11.5 Å². The molecular weight excluding hydrogens is 302 g/mol. The van der Waals surface area contributed by atoms with Gasteiger partial charge in [-0.05, 0) is 55.2 Å². The maximum Gasteiger partial charge on any atom is 0.265 e. The molecule has 1 atom stereocenters. The summed E-state index contributed by atoms with van der Waals surface area (Å²) in [6, 6.07) is 13.5. The zero-order chi connectivity index (χ0) is 17.5. The minimum absolute atomic E-state index is 0.180. The number of hydrogen-bond donors (Lipinski definition) is 1. The third-order valence-electron chi connectivity index (χ3n) is 3.89. The number of ether oxygens (including phenoxy) is 2. The summed E-state index contributed by atoms with van der Waals surface area (Å²) < 4.78 is 11.2. The van der Waals surface area contributed by atoms with E-state index in [9.17, 15) is 4.79 Å². The first kappa shape index (κ1) is 17.9. The minimum Gasteiger partial charge on any atom is -0.495 e. The molecule has 0 radical (unpaired) electrons. The van der Waals surface area contributed by atoms with Gasteiger partial charge in [0.15, 0.2) is 6.10 Å². The molecule has 4 heteroatoms. The molecule has 0 aliphatic carbocycles. The SMILES string of the molecule is CCc1ccc(O[C@H](CC)C(=O)Nc2cc(C)ccc2OC)cc1. The Morgan fingerprint density at radius 2 is 1.83 bits per heavy atom. The zero-order valence-electron chi connectivity index (χ0n) is 14.8. The molecule has 0 heterocycles. The number of nitrogens with one attached hydrogen (secondary N) is 1. The lowest BCUT2D eigenvalue weighted by molar-refractivity contribution is -0.122. The molecule has 0 saturated carbocycles. The van der Waals surface area contributed by atoms with E-state index in [1.165, 1.54) is 5.56 Å². The lowest BCUT2D eigenvalue weighted by Crippen LogP contribution is -2.32. The molecule has 0 aliphatic rings. The van der Waals surface area contributed by atoms with Gasteiger partial charge in [0.05, 0.1) is 12.8 Å². The predicted octanol–water partition coefficient (Wildman–Crippen LogP) is 4.36. The Morgan fingerprint density at radius 1 is 1.12 bits per heavy atom. The van der Waals surface area contributed by atoms with Crippen LogP contribution in [0, 0.1) is 6.92 Å². The fourth-order valence-electron chi connectivity index (χ4n) is 2.42. The summed E-state index contributed by atoms with van der Waals surface area (Å²) >= 11 is 0. The number of aryl methyl sites for hydroxylation is 2.